The van der Waals surface area contributed by atoms with Crippen LogP contribution in [0.1, 0.15) is 5.56 Å². The van der Waals surface area contributed by atoms with Crippen molar-refractivity contribution in [2.75, 3.05) is 5.73 Å². The molecule has 0 atom stereocenters. The van der Waals surface area contributed by atoms with Gasteiger partial charge in [0.25, 0.3) is 0 Å². The fourth-order valence-electron chi connectivity index (χ4n) is 2.19. The molecular formula is C15H13ClN4. The van der Waals surface area contributed by atoms with Gasteiger partial charge < -0.3 is 5.73 Å². The van der Waals surface area contributed by atoms with E-state index >= 15 is 0 Å². The van der Waals surface area contributed by atoms with Gasteiger partial charge in [-0.1, -0.05) is 29.8 Å². The van der Waals surface area contributed by atoms with E-state index in [0.29, 0.717) is 10.8 Å². The van der Waals surface area contributed by atoms with Crippen LogP contribution in [0, 0.1) is 6.92 Å². The van der Waals surface area contributed by atoms with Gasteiger partial charge in [-0.2, -0.15) is 5.10 Å². The number of nitrogens with one attached hydrogen (secondary N) is 1. The maximum Gasteiger partial charge on any atom is 0.153 e. The maximum atomic E-state index is 6.27. The highest BCUT2D eigenvalue weighted by molar-refractivity contribution is 6.33. The van der Waals surface area contributed by atoms with E-state index in [1.54, 1.807) is 12.4 Å². The first kappa shape index (κ1) is 12.7. The first-order chi connectivity index (χ1) is 9.66. The minimum atomic E-state index is 0.426. The van der Waals surface area contributed by atoms with Crippen LogP contribution in [0.5, 0.6) is 0 Å². The molecule has 0 amide bonds. The lowest BCUT2D eigenvalue weighted by atomic mass is 10.0. The third-order valence-corrected chi connectivity index (χ3v) is 3.43. The van der Waals surface area contributed by atoms with Crippen molar-refractivity contribution in [1.29, 1.82) is 0 Å². The van der Waals surface area contributed by atoms with Crippen LogP contribution in [-0.4, -0.2) is 15.2 Å². The number of aryl methyl sites for hydroxylation is 1. The zero-order valence-electron chi connectivity index (χ0n) is 10.9. The van der Waals surface area contributed by atoms with Crippen molar-refractivity contribution < 1.29 is 0 Å². The predicted molar refractivity (Wildman–Crippen MR) is 81.4 cm³/mol. The number of nitrogens with two attached hydrogens (primary N) is 1. The Hall–Kier alpha value is -2.33. The molecule has 4 nitrogen and oxygen atoms in total. The zero-order valence-corrected chi connectivity index (χ0v) is 11.6. The van der Waals surface area contributed by atoms with Crippen molar-refractivity contribution in [2.24, 2.45) is 0 Å². The summed E-state index contributed by atoms with van der Waals surface area (Å²) < 4.78 is 0. The molecule has 2 heterocycles. The largest absolute Gasteiger partial charge is 0.382 e. The minimum Gasteiger partial charge on any atom is -0.382 e. The second-order valence-electron chi connectivity index (χ2n) is 4.59. The number of hydrogen-bond acceptors (Lipinski definition) is 3. The van der Waals surface area contributed by atoms with Crippen LogP contribution >= 0.6 is 11.6 Å². The first-order valence-electron chi connectivity index (χ1n) is 6.17. The molecule has 100 valence electrons. The van der Waals surface area contributed by atoms with Crippen molar-refractivity contribution in [1.82, 2.24) is 15.2 Å². The van der Waals surface area contributed by atoms with Gasteiger partial charge in [0.05, 0.1) is 11.3 Å². The molecule has 1 aromatic carbocycles. The third-order valence-electron chi connectivity index (χ3n) is 3.10. The molecule has 0 aliphatic rings. The molecule has 3 aromatic rings. The number of anilines is 1. The van der Waals surface area contributed by atoms with Gasteiger partial charge in [-0.15, -0.1) is 0 Å². The van der Waals surface area contributed by atoms with Crippen LogP contribution in [0.3, 0.4) is 0 Å². The number of rotatable bonds is 2. The van der Waals surface area contributed by atoms with Crippen LogP contribution in [0.2, 0.25) is 5.02 Å². The highest BCUT2D eigenvalue weighted by Gasteiger charge is 2.17. The molecule has 0 spiro atoms. The Balaban J connectivity index is 2.23. The van der Waals surface area contributed by atoms with E-state index < -0.39 is 0 Å². The standard InChI is InChI=1S/C15H13ClN4/c1-9-6-10(8-18-7-9)14-13(15(17)20-19-14)11-4-2-3-5-12(11)16/h2-8H,1H3,(H3,17,19,20). The van der Waals surface area contributed by atoms with E-state index in [-0.39, 0.29) is 0 Å². The molecule has 0 aliphatic carbocycles. The van der Waals surface area contributed by atoms with Crippen LogP contribution in [-0.2, 0) is 0 Å². The Bertz CT molecular complexity index is 764. The minimum absolute atomic E-state index is 0.426. The highest BCUT2D eigenvalue weighted by Crippen LogP contribution is 2.38. The number of aromatic nitrogens is 3. The van der Waals surface area contributed by atoms with Crippen molar-refractivity contribution in [3.8, 4) is 22.4 Å². The predicted octanol–water partition coefficient (Wildman–Crippen LogP) is 3.68. The van der Waals surface area contributed by atoms with Crippen LogP contribution in [0.4, 0.5) is 5.82 Å². The van der Waals surface area contributed by atoms with Gasteiger partial charge in [-0.3, -0.25) is 10.1 Å². The number of halogens is 1. The van der Waals surface area contributed by atoms with Crippen molar-refractivity contribution in [2.45, 2.75) is 6.92 Å². The molecule has 0 aliphatic heterocycles. The van der Waals surface area contributed by atoms with Gasteiger partial charge >= 0.3 is 0 Å². The monoisotopic (exact) mass is 284 g/mol. The molecule has 0 saturated heterocycles. The molecule has 0 fully saturated rings. The summed E-state index contributed by atoms with van der Waals surface area (Å²) in [5, 5.41) is 7.72. The second kappa shape index (κ2) is 4.98. The molecular weight excluding hydrogens is 272 g/mol. The Labute approximate surface area is 121 Å². The van der Waals surface area contributed by atoms with E-state index in [4.69, 9.17) is 17.3 Å². The SMILES string of the molecule is Cc1cncc(-c2[nH]nc(N)c2-c2ccccc2Cl)c1. The number of pyridine rings is 1. The molecule has 2 aromatic heterocycles. The normalized spacial score (nSPS) is 10.7. The van der Waals surface area contributed by atoms with Gasteiger partial charge in [0.1, 0.15) is 0 Å². The summed E-state index contributed by atoms with van der Waals surface area (Å²) >= 11 is 6.27. The lowest BCUT2D eigenvalue weighted by Crippen LogP contribution is -1.90. The van der Waals surface area contributed by atoms with Crippen LogP contribution in [0.15, 0.2) is 42.7 Å². The zero-order chi connectivity index (χ0) is 14.1. The fourth-order valence-corrected chi connectivity index (χ4v) is 2.42. The van der Waals surface area contributed by atoms with Crippen LogP contribution in [0.25, 0.3) is 22.4 Å². The Kier molecular flexibility index (Phi) is 3.16. The van der Waals surface area contributed by atoms with Crippen molar-refractivity contribution >= 4 is 17.4 Å². The smallest absolute Gasteiger partial charge is 0.153 e. The summed E-state index contributed by atoms with van der Waals surface area (Å²) in [7, 11) is 0. The van der Waals surface area contributed by atoms with Crippen molar-refractivity contribution in [3.05, 3.63) is 53.3 Å². The number of hydrogen-bond donors (Lipinski definition) is 2. The molecule has 3 rings (SSSR count). The third kappa shape index (κ3) is 2.14. The molecule has 3 N–H and O–H groups in total. The number of H-pyrrole nitrogens is 1. The number of benzene rings is 1. The van der Waals surface area contributed by atoms with E-state index in [1.807, 2.05) is 37.3 Å². The topological polar surface area (TPSA) is 67.6 Å². The van der Waals surface area contributed by atoms with E-state index in [2.05, 4.69) is 15.2 Å². The second-order valence-corrected chi connectivity index (χ2v) is 5.00. The maximum absolute atomic E-state index is 6.27. The average molecular weight is 285 g/mol. The Morgan fingerprint density at radius 3 is 2.75 bits per heavy atom. The molecule has 0 bridgehead atoms. The summed E-state index contributed by atoms with van der Waals surface area (Å²) in [5.74, 6) is 0.426. The van der Waals surface area contributed by atoms with Gasteiger partial charge in [0.15, 0.2) is 5.82 Å². The molecule has 0 radical (unpaired) electrons. The lowest BCUT2D eigenvalue weighted by Gasteiger charge is -2.07. The Morgan fingerprint density at radius 1 is 1.20 bits per heavy atom. The number of aromatic amines is 1. The van der Waals surface area contributed by atoms with E-state index in [0.717, 1.165) is 27.9 Å². The fraction of sp³-hybridized carbons (Fsp3) is 0.0667. The van der Waals surface area contributed by atoms with Gasteiger partial charge in [-0.05, 0) is 24.6 Å². The van der Waals surface area contributed by atoms with Gasteiger partial charge in [-0.25, -0.2) is 0 Å². The Morgan fingerprint density at radius 2 is 2.00 bits per heavy atom. The number of nitrogen functional groups attached to an aromatic ring is 1. The molecule has 0 saturated carbocycles. The summed E-state index contributed by atoms with van der Waals surface area (Å²) in [5.41, 5.74) is 10.5. The van der Waals surface area contributed by atoms with Crippen LogP contribution < -0.4 is 5.73 Å². The summed E-state index contributed by atoms with van der Waals surface area (Å²) in [6, 6.07) is 9.60. The average Bonchev–Trinajstić information content (AvgIpc) is 2.81. The summed E-state index contributed by atoms with van der Waals surface area (Å²) in [6.07, 6.45) is 3.58. The molecule has 5 heteroatoms. The quantitative estimate of drug-likeness (QED) is 0.754. The lowest BCUT2D eigenvalue weighted by molar-refractivity contribution is 1.10. The van der Waals surface area contributed by atoms with Crippen molar-refractivity contribution in [3.63, 3.8) is 0 Å². The molecule has 20 heavy (non-hydrogen) atoms. The van der Waals surface area contributed by atoms with E-state index in [9.17, 15) is 0 Å². The number of nitrogens with zero attached hydrogens (tertiary/aromatic N) is 2. The van der Waals surface area contributed by atoms with Gasteiger partial charge in [0, 0.05) is 28.5 Å². The first-order valence-corrected chi connectivity index (χ1v) is 6.55. The molecule has 0 unspecified atom stereocenters. The summed E-state index contributed by atoms with van der Waals surface area (Å²) in [4.78, 5) is 4.21. The van der Waals surface area contributed by atoms with E-state index in [1.165, 1.54) is 0 Å². The van der Waals surface area contributed by atoms with Gasteiger partial charge in [0.2, 0.25) is 0 Å². The summed E-state index contributed by atoms with van der Waals surface area (Å²) in [6.45, 7) is 1.99. The highest BCUT2D eigenvalue weighted by atomic mass is 35.5.